The summed E-state index contributed by atoms with van der Waals surface area (Å²) in [6.45, 7) is 8.75. The van der Waals surface area contributed by atoms with Crippen LogP contribution in [0.1, 0.15) is 77.0 Å². The lowest BCUT2D eigenvalue weighted by molar-refractivity contribution is 0.173. The highest BCUT2D eigenvalue weighted by molar-refractivity contribution is 8.18. The summed E-state index contributed by atoms with van der Waals surface area (Å²) in [4.78, 5) is 0. The van der Waals surface area contributed by atoms with E-state index in [1.54, 1.807) is 12.1 Å². The first-order chi connectivity index (χ1) is 17.8. The second-order valence-corrected chi connectivity index (χ2v) is 16.3. The van der Waals surface area contributed by atoms with E-state index in [1.165, 1.54) is 18.4 Å². The zero-order valence-corrected chi connectivity index (χ0v) is 25.0. The van der Waals surface area contributed by atoms with Crippen LogP contribution in [-0.2, 0) is 8.64 Å². The predicted octanol–water partition coefficient (Wildman–Crippen LogP) is 8.03. The number of benzene rings is 2. The van der Waals surface area contributed by atoms with Crippen molar-refractivity contribution in [1.82, 2.24) is 14.4 Å². The standard InChI is InChI=1S/C29H41FN3OPS2/c1-21(2)32-26-13-8-9-14-27(26)33(22(3)4)35(32,34)31-28(23-15-17-25(30)18-16-23)29(36-19-10-20-37-29)24-11-6-5-7-12-24/h5-7,11-12,15-18,21-22,26-28H,8-10,13-14,19-20H2,1-4H3,(H,31,34)/t26-,27-,28-/m1/s1. The lowest BCUT2D eigenvalue weighted by atomic mass is 9.89. The lowest BCUT2D eigenvalue weighted by Gasteiger charge is -2.47. The van der Waals surface area contributed by atoms with Crippen LogP contribution in [0.5, 0.6) is 0 Å². The van der Waals surface area contributed by atoms with Crippen LogP contribution in [0, 0.1) is 5.82 Å². The molecule has 1 N–H and O–H groups in total. The number of rotatable bonds is 7. The third-order valence-corrected chi connectivity index (χ3v) is 14.9. The van der Waals surface area contributed by atoms with Gasteiger partial charge in [-0.1, -0.05) is 55.3 Å². The van der Waals surface area contributed by atoms with E-state index in [-0.39, 0.29) is 28.0 Å². The van der Waals surface area contributed by atoms with Crippen LogP contribution < -0.4 is 5.09 Å². The highest BCUT2D eigenvalue weighted by Gasteiger charge is 2.59. The van der Waals surface area contributed by atoms with Crippen LogP contribution in [0.3, 0.4) is 0 Å². The van der Waals surface area contributed by atoms with E-state index in [1.807, 2.05) is 35.7 Å². The van der Waals surface area contributed by atoms with Crippen molar-refractivity contribution in [2.75, 3.05) is 11.5 Å². The van der Waals surface area contributed by atoms with Gasteiger partial charge in [-0.3, -0.25) is 4.57 Å². The number of thioether (sulfide) groups is 2. The maximum atomic E-state index is 15.6. The van der Waals surface area contributed by atoms with Gasteiger partial charge in [0.15, 0.2) is 0 Å². The normalized spacial score (nSPS) is 26.9. The molecule has 3 aliphatic rings. The summed E-state index contributed by atoms with van der Waals surface area (Å²) in [5.41, 5.74) is 2.21. The fourth-order valence-corrected chi connectivity index (χ4v) is 14.2. The first-order valence-corrected chi connectivity index (χ1v) is 17.4. The number of hydrogen-bond donors (Lipinski definition) is 1. The second-order valence-electron chi connectivity index (χ2n) is 11.1. The summed E-state index contributed by atoms with van der Waals surface area (Å²) >= 11 is 3.89. The molecule has 202 valence electrons. The van der Waals surface area contributed by atoms with Gasteiger partial charge in [0.05, 0.1) is 6.04 Å². The van der Waals surface area contributed by atoms with Crippen molar-refractivity contribution in [3.8, 4) is 0 Å². The van der Waals surface area contributed by atoms with Gasteiger partial charge < -0.3 is 0 Å². The molecule has 0 bridgehead atoms. The molecule has 0 spiro atoms. The topological polar surface area (TPSA) is 35.6 Å². The molecule has 0 radical (unpaired) electrons. The first kappa shape index (κ1) is 27.7. The van der Waals surface area contributed by atoms with Gasteiger partial charge in [-0.2, -0.15) is 0 Å². The molecular formula is C29H41FN3OPS2. The van der Waals surface area contributed by atoms with Gasteiger partial charge in [-0.15, -0.1) is 23.5 Å². The molecule has 2 aliphatic heterocycles. The van der Waals surface area contributed by atoms with Crippen molar-refractivity contribution >= 4 is 31.1 Å². The molecular weight excluding hydrogens is 520 g/mol. The number of fused-ring (bicyclic) bond motifs is 1. The first-order valence-electron chi connectivity index (χ1n) is 13.8. The van der Waals surface area contributed by atoms with Gasteiger partial charge in [-0.05, 0) is 81.7 Å². The molecule has 1 aliphatic carbocycles. The molecule has 5 rings (SSSR count). The quantitative estimate of drug-likeness (QED) is 0.345. The minimum atomic E-state index is -3.17. The molecule has 2 aromatic carbocycles. The van der Waals surface area contributed by atoms with Crippen molar-refractivity contribution in [2.24, 2.45) is 0 Å². The van der Waals surface area contributed by atoms with Gasteiger partial charge in [-0.25, -0.2) is 18.8 Å². The Balaban J connectivity index is 1.67. The van der Waals surface area contributed by atoms with Crippen LogP contribution in [0.25, 0.3) is 0 Å². The maximum absolute atomic E-state index is 15.6. The zero-order chi connectivity index (χ0) is 26.2. The molecule has 2 aromatic rings. The molecule has 3 fully saturated rings. The summed E-state index contributed by atoms with van der Waals surface area (Å²) in [6.07, 6.45) is 5.71. The summed E-state index contributed by atoms with van der Waals surface area (Å²) < 4.78 is 34.1. The van der Waals surface area contributed by atoms with Gasteiger partial charge in [0.25, 0.3) is 7.59 Å². The highest BCUT2D eigenvalue weighted by atomic mass is 32.2. The molecule has 0 amide bonds. The maximum Gasteiger partial charge on any atom is 0.285 e. The molecule has 2 saturated heterocycles. The third-order valence-electron chi connectivity index (χ3n) is 8.04. The molecule has 2 heterocycles. The van der Waals surface area contributed by atoms with Crippen molar-refractivity contribution in [3.63, 3.8) is 0 Å². The van der Waals surface area contributed by atoms with E-state index >= 15 is 4.57 Å². The fourth-order valence-electron chi connectivity index (χ4n) is 6.68. The Labute approximate surface area is 231 Å². The minimum Gasteiger partial charge on any atom is -0.270 e. The number of hydrogen-bond acceptors (Lipinski definition) is 3. The van der Waals surface area contributed by atoms with Crippen LogP contribution >= 0.6 is 31.1 Å². The number of halogens is 1. The number of nitrogens with zero attached hydrogens (tertiary/aromatic N) is 2. The molecule has 0 unspecified atom stereocenters. The van der Waals surface area contributed by atoms with Crippen molar-refractivity contribution in [1.29, 1.82) is 0 Å². The molecule has 3 atom stereocenters. The van der Waals surface area contributed by atoms with E-state index in [0.717, 1.165) is 36.3 Å². The van der Waals surface area contributed by atoms with E-state index in [0.29, 0.717) is 12.1 Å². The van der Waals surface area contributed by atoms with Crippen LogP contribution in [-0.4, -0.2) is 45.0 Å². The van der Waals surface area contributed by atoms with Crippen LogP contribution in [0.15, 0.2) is 54.6 Å². The average Bonchev–Trinajstić information content (AvgIpc) is 3.17. The molecule has 8 heteroatoms. The third kappa shape index (κ3) is 5.10. The smallest absolute Gasteiger partial charge is 0.270 e. The average molecular weight is 562 g/mol. The summed E-state index contributed by atoms with van der Waals surface area (Å²) in [5, 5.41) is 3.90. The second kappa shape index (κ2) is 11.3. The fraction of sp³-hybridized carbons (Fsp3) is 0.586. The zero-order valence-electron chi connectivity index (χ0n) is 22.5. The SMILES string of the molecule is CC(C)N1[C@@H]2CCCC[C@H]2N(C(C)C)P1(=O)N[C@H](c1ccc(F)cc1)C1(c2ccccc2)SCCCS1. The van der Waals surface area contributed by atoms with Gasteiger partial charge in [0.2, 0.25) is 0 Å². The molecule has 1 saturated carbocycles. The highest BCUT2D eigenvalue weighted by Crippen LogP contribution is 2.67. The lowest BCUT2D eigenvalue weighted by Crippen LogP contribution is -2.44. The Morgan fingerprint density at radius 2 is 1.41 bits per heavy atom. The van der Waals surface area contributed by atoms with Gasteiger partial charge in [0.1, 0.15) is 9.90 Å². The molecule has 4 nitrogen and oxygen atoms in total. The monoisotopic (exact) mass is 561 g/mol. The Bertz CT molecular complexity index is 1070. The Hall–Kier alpha value is -0.820. The van der Waals surface area contributed by atoms with Gasteiger partial charge >= 0.3 is 0 Å². The molecule has 37 heavy (non-hydrogen) atoms. The predicted molar refractivity (Wildman–Crippen MR) is 158 cm³/mol. The van der Waals surface area contributed by atoms with Crippen molar-refractivity contribution in [3.05, 3.63) is 71.5 Å². The largest absolute Gasteiger partial charge is 0.285 e. The van der Waals surface area contributed by atoms with E-state index in [2.05, 4.69) is 72.5 Å². The summed E-state index contributed by atoms with van der Waals surface area (Å²) in [6, 6.07) is 18.2. The van der Waals surface area contributed by atoms with Crippen LogP contribution in [0.4, 0.5) is 4.39 Å². The van der Waals surface area contributed by atoms with Crippen molar-refractivity contribution in [2.45, 2.75) is 94.1 Å². The Kier molecular flexibility index (Phi) is 8.51. The van der Waals surface area contributed by atoms with E-state index in [4.69, 9.17) is 0 Å². The Morgan fingerprint density at radius 1 is 0.865 bits per heavy atom. The van der Waals surface area contributed by atoms with Gasteiger partial charge in [0, 0.05) is 24.2 Å². The minimum absolute atomic E-state index is 0.154. The number of nitrogens with one attached hydrogen (secondary N) is 1. The summed E-state index contributed by atoms with van der Waals surface area (Å²) in [7, 11) is -3.17. The Morgan fingerprint density at radius 3 is 1.92 bits per heavy atom. The van der Waals surface area contributed by atoms with E-state index in [9.17, 15) is 4.39 Å². The van der Waals surface area contributed by atoms with E-state index < -0.39 is 7.59 Å². The van der Waals surface area contributed by atoms with Crippen molar-refractivity contribution < 1.29 is 8.96 Å². The summed E-state index contributed by atoms with van der Waals surface area (Å²) in [5.74, 6) is 1.84. The molecule has 0 aromatic heterocycles. The van der Waals surface area contributed by atoms with Crippen LogP contribution in [0.2, 0.25) is 0 Å².